The van der Waals surface area contributed by atoms with Crippen molar-refractivity contribution in [1.82, 2.24) is 4.90 Å². The third-order valence-electron chi connectivity index (χ3n) is 3.37. The molecular weight excluding hydrogens is 230 g/mol. The Balaban J connectivity index is 1.94. The van der Waals surface area contributed by atoms with E-state index in [1.165, 1.54) is 0 Å². The van der Waals surface area contributed by atoms with E-state index in [4.69, 9.17) is 5.73 Å². The normalized spacial score (nSPS) is 23.8. The maximum absolute atomic E-state index is 12.0. The van der Waals surface area contributed by atoms with Crippen LogP contribution < -0.4 is 11.1 Å². The van der Waals surface area contributed by atoms with E-state index in [0.717, 1.165) is 6.42 Å². The van der Waals surface area contributed by atoms with Crippen molar-refractivity contribution in [3.8, 4) is 0 Å². The summed E-state index contributed by atoms with van der Waals surface area (Å²) >= 11 is 0. The van der Waals surface area contributed by atoms with Gasteiger partial charge >= 0.3 is 6.03 Å². The Morgan fingerprint density at radius 2 is 2.11 bits per heavy atom. The van der Waals surface area contributed by atoms with E-state index in [-0.39, 0.29) is 11.9 Å². The van der Waals surface area contributed by atoms with E-state index in [2.05, 4.69) is 5.32 Å². The number of urea groups is 1. The lowest BCUT2D eigenvalue weighted by Gasteiger charge is -2.34. The summed E-state index contributed by atoms with van der Waals surface area (Å²) in [4.78, 5) is 13.6. The fourth-order valence-corrected chi connectivity index (χ4v) is 2.00. The molecule has 1 aliphatic rings. The van der Waals surface area contributed by atoms with Crippen LogP contribution in [0.5, 0.6) is 0 Å². The van der Waals surface area contributed by atoms with Crippen LogP contribution in [-0.2, 0) is 0 Å². The minimum absolute atomic E-state index is 0.175. The van der Waals surface area contributed by atoms with Crippen LogP contribution in [0.1, 0.15) is 13.3 Å². The first-order valence-corrected chi connectivity index (χ1v) is 6.16. The molecule has 18 heavy (non-hydrogen) atoms. The highest BCUT2D eigenvalue weighted by molar-refractivity contribution is 5.89. The highest BCUT2D eigenvalue weighted by Gasteiger charge is 2.27. The van der Waals surface area contributed by atoms with Crippen LogP contribution >= 0.6 is 0 Å². The van der Waals surface area contributed by atoms with Crippen LogP contribution in [0.4, 0.5) is 16.2 Å². The van der Waals surface area contributed by atoms with Gasteiger partial charge in [0.25, 0.3) is 0 Å². The number of rotatable bonds is 1. The number of nitrogen functional groups attached to an aromatic ring is 1. The molecule has 5 heteroatoms. The van der Waals surface area contributed by atoms with Crippen LogP contribution in [0, 0.1) is 5.92 Å². The molecule has 1 fully saturated rings. The molecule has 98 valence electrons. The predicted molar refractivity (Wildman–Crippen MR) is 71.2 cm³/mol. The third-order valence-corrected chi connectivity index (χ3v) is 3.37. The molecule has 2 atom stereocenters. The molecule has 5 nitrogen and oxygen atoms in total. The fraction of sp³-hybridized carbons (Fsp3) is 0.462. The number of nitrogens with zero attached hydrogens (tertiary/aromatic N) is 1. The van der Waals surface area contributed by atoms with Crippen molar-refractivity contribution < 1.29 is 9.90 Å². The van der Waals surface area contributed by atoms with Gasteiger partial charge in [0.1, 0.15) is 0 Å². The number of benzene rings is 1. The molecule has 0 spiro atoms. The molecular formula is C13H19N3O2. The fourth-order valence-electron chi connectivity index (χ4n) is 2.00. The monoisotopic (exact) mass is 249 g/mol. The molecule has 0 aromatic heterocycles. The number of anilines is 2. The highest BCUT2D eigenvalue weighted by Crippen LogP contribution is 2.18. The number of aliphatic hydroxyl groups is 1. The zero-order chi connectivity index (χ0) is 13.1. The molecule has 1 heterocycles. The molecule has 2 amide bonds. The Morgan fingerprint density at radius 3 is 2.72 bits per heavy atom. The second-order valence-electron chi connectivity index (χ2n) is 4.83. The van der Waals surface area contributed by atoms with Crippen LogP contribution in [-0.4, -0.2) is 35.2 Å². The van der Waals surface area contributed by atoms with Crippen molar-refractivity contribution in [1.29, 1.82) is 0 Å². The maximum Gasteiger partial charge on any atom is 0.321 e. The summed E-state index contributed by atoms with van der Waals surface area (Å²) in [5.41, 5.74) is 6.95. The van der Waals surface area contributed by atoms with Crippen LogP contribution in [0.2, 0.25) is 0 Å². The lowest BCUT2D eigenvalue weighted by Crippen LogP contribution is -2.47. The molecule has 1 aromatic rings. The summed E-state index contributed by atoms with van der Waals surface area (Å²) < 4.78 is 0. The molecule has 1 aromatic carbocycles. The number of nitrogens with one attached hydrogen (secondary N) is 1. The maximum atomic E-state index is 12.0. The summed E-state index contributed by atoms with van der Waals surface area (Å²) in [5, 5.41) is 12.6. The SMILES string of the molecule is CC1CCN(C(=O)Nc2ccc(N)cc2)CC1O. The molecule has 0 saturated carbocycles. The van der Waals surface area contributed by atoms with Crippen molar-refractivity contribution in [3.63, 3.8) is 0 Å². The first kappa shape index (κ1) is 12.7. The van der Waals surface area contributed by atoms with E-state index >= 15 is 0 Å². The van der Waals surface area contributed by atoms with E-state index in [9.17, 15) is 9.90 Å². The van der Waals surface area contributed by atoms with Crippen molar-refractivity contribution in [3.05, 3.63) is 24.3 Å². The van der Waals surface area contributed by atoms with Gasteiger partial charge in [-0.1, -0.05) is 6.92 Å². The predicted octanol–water partition coefficient (Wildman–Crippen LogP) is 1.50. The van der Waals surface area contributed by atoms with Gasteiger partial charge in [-0.2, -0.15) is 0 Å². The standard InChI is InChI=1S/C13H19N3O2/c1-9-6-7-16(8-12(9)17)13(18)15-11-4-2-10(14)3-5-11/h2-5,9,12,17H,6-8,14H2,1H3,(H,15,18). The second-order valence-corrected chi connectivity index (χ2v) is 4.83. The largest absolute Gasteiger partial charge is 0.399 e. The van der Waals surface area contributed by atoms with Gasteiger partial charge in [0.2, 0.25) is 0 Å². The summed E-state index contributed by atoms with van der Waals surface area (Å²) in [7, 11) is 0. The van der Waals surface area contributed by atoms with Crippen LogP contribution in [0.25, 0.3) is 0 Å². The number of nitrogens with two attached hydrogens (primary N) is 1. The van der Waals surface area contributed by atoms with Crippen molar-refractivity contribution in [2.24, 2.45) is 5.92 Å². The van der Waals surface area contributed by atoms with E-state index in [1.807, 2.05) is 6.92 Å². The van der Waals surface area contributed by atoms with E-state index in [0.29, 0.717) is 24.5 Å². The van der Waals surface area contributed by atoms with Gasteiger partial charge < -0.3 is 21.1 Å². The zero-order valence-corrected chi connectivity index (χ0v) is 10.5. The molecule has 1 saturated heterocycles. The summed E-state index contributed by atoms with van der Waals surface area (Å²) in [6, 6.07) is 6.82. The molecule has 1 aliphatic heterocycles. The molecule has 2 rings (SSSR count). The topological polar surface area (TPSA) is 78.6 Å². The van der Waals surface area contributed by atoms with E-state index < -0.39 is 6.10 Å². The van der Waals surface area contributed by atoms with Gasteiger partial charge in [0.15, 0.2) is 0 Å². The number of carbonyl (C=O) groups excluding carboxylic acids is 1. The molecule has 4 N–H and O–H groups in total. The number of β-amino-alcohol motifs (C(OH)–C–C–N with tert-alkyl or cyclic N) is 1. The zero-order valence-electron chi connectivity index (χ0n) is 10.5. The highest BCUT2D eigenvalue weighted by atomic mass is 16.3. The number of piperidine rings is 1. The average molecular weight is 249 g/mol. The van der Waals surface area contributed by atoms with Gasteiger partial charge in [-0.15, -0.1) is 0 Å². The average Bonchev–Trinajstić information content (AvgIpc) is 2.35. The number of hydrogen-bond donors (Lipinski definition) is 3. The number of carbonyl (C=O) groups is 1. The minimum Gasteiger partial charge on any atom is -0.399 e. The summed E-state index contributed by atoms with van der Waals surface area (Å²) in [6.07, 6.45) is 0.395. The first-order valence-electron chi connectivity index (χ1n) is 6.16. The Kier molecular flexibility index (Phi) is 3.72. The molecule has 0 bridgehead atoms. The number of aliphatic hydroxyl groups excluding tert-OH is 1. The number of hydrogen-bond acceptors (Lipinski definition) is 3. The number of amides is 2. The van der Waals surface area contributed by atoms with Crippen LogP contribution in [0.3, 0.4) is 0 Å². The van der Waals surface area contributed by atoms with Crippen molar-refractivity contribution in [2.75, 3.05) is 24.1 Å². The first-order chi connectivity index (χ1) is 8.56. The van der Waals surface area contributed by atoms with E-state index in [1.54, 1.807) is 29.2 Å². The summed E-state index contributed by atoms with van der Waals surface area (Å²) in [5.74, 6) is 0.255. The Labute approximate surface area is 107 Å². The third kappa shape index (κ3) is 2.92. The molecule has 2 unspecified atom stereocenters. The minimum atomic E-state index is -0.434. The summed E-state index contributed by atoms with van der Waals surface area (Å²) in [6.45, 7) is 3.07. The molecule has 0 aliphatic carbocycles. The van der Waals surface area contributed by atoms with Gasteiger partial charge in [-0.3, -0.25) is 0 Å². The van der Waals surface area contributed by atoms with Crippen molar-refractivity contribution >= 4 is 17.4 Å². The number of likely N-dealkylation sites (tertiary alicyclic amines) is 1. The molecule has 0 radical (unpaired) electrons. The smallest absolute Gasteiger partial charge is 0.321 e. The van der Waals surface area contributed by atoms with Gasteiger partial charge in [-0.25, -0.2) is 4.79 Å². The Hall–Kier alpha value is -1.75. The lowest BCUT2D eigenvalue weighted by molar-refractivity contribution is 0.0464. The lowest BCUT2D eigenvalue weighted by atomic mass is 9.96. The van der Waals surface area contributed by atoms with Gasteiger partial charge in [-0.05, 0) is 36.6 Å². The van der Waals surface area contributed by atoms with Gasteiger partial charge in [0.05, 0.1) is 6.10 Å². The van der Waals surface area contributed by atoms with Crippen LogP contribution in [0.15, 0.2) is 24.3 Å². The van der Waals surface area contributed by atoms with Crippen molar-refractivity contribution in [2.45, 2.75) is 19.4 Å². The Bertz CT molecular complexity index is 419. The Morgan fingerprint density at radius 1 is 1.44 bits per heavy atom. The van der Waals surface area contributed by atoms with Gasteiger partial charge in [0, 0.05) is 24.5 Å². The second kappa shape index (κ2) is 5.27. The quantitative estimate of drug-likeness (QED) is 0.660.